The van der Waals surface area contributed by atoms with Gasteiger partial charge in [0.05, 0.1) is 24.2 Å². The number of halogens is 2. The summed E-state index contributed by atoms with van der Waals surface area (Å²) in [5.41, 5.74) is 3.15. The van der Waals surface area contributed by atoms with Crippen LogP contribution >= 0.6 is 12.4 Å². The van der Waals surface area contributed by atoms with E-state index in [1.807, 2.05) is 36.4 Å². The number of benzene rings is 3. The van der Waals surface area contributed by atoms with E-state index in [0.29, 0.717) is 11.8 Å². The van der Waals surface area contributed by atoms with Crippen LogP contribution in [0.4, 0.5) is 4.39 Å². The smallest absolute Gasteiger partial charge is 0.274 e. The first-order valence-electron chi connectivity index (χ1n) is 13.2. The molecule has 4 aromatic rings. The molecule has 1 unspecified atom stereocenters. The summed E-state index contributed by atoms with van der Waals surface area (Å²) in [6.45, 7) is 3.06. The molecular formula is C31H35ClFN3O2. The molecule has 1 fully saturated rings. The maximum Gasteiger partial charge on any atom is 0.274 e. The van der Waals surface area contributed by atoms with Crippen LogP contribution in [0.25, 0.3) is 10.8 Å². The lowest BCUT2D eigenvalue weighted by atomic mass is 10.0. The van der Waals surface area contributed by atoms with Gasteiger partial charge in [0.25, 0.3) is 5.56 Å². The summed E-state index contributed by atoms with van der Waals surface area (Å²) in [5.74, 6) is 0.638. The molecule has 7 heteroatoms. The number of nitrogens with zero attached hydrogens (tertiary/aromatic N) is 3. The van der Waals surface area contributed by atoms with Crippen molar-refractivity contribution in [2.45, 2.75) is 44.6 Å². The molecule has 1 saturated heterocycles. The molecule has 2 heterocycles. The van der Waals surface area contributed by atoms with Crippen LogP contribution in [-0.2, 0) is 12.8 Å². The summed E-state index contributed by atoms with van der Waals surface area (Å²) in [4.78, 5) is 16.0. The van der Waals surface area contributed by atoms with Crippen LogP contribution in [0, 0.1) is 5.82 Å². The molecule has 5 nitrogen and oxygen atoms in total. The molecule has 5 rings (SSSR count). The Morgan fingerprint density at radius 1 is 0.921 bits per heavy atom. The molecule has 3 aromatic carbocycles. The lowest BCUT2D eigenvalue weighted by molar-refractivity contribution is 0.275. The minimum Gasteiger partial charge on any atom is -0.497 e. The molecule has 0 aliphatic carbocycles. The Hall–Kier alpha value is -3.22. The minimum absolute atomic E-state index is 0. The van der Waals surface area contributed by atoms with Gasteiger partial charge in [0.2, 0.25) is 0 Å². The number of fused-ring (bicyclic) bond motifs is 1. The molecule has 1 aromatic heterocycles. The Bertz CT molecular complexity index is 1390. The third-order valence-corrected chi connectivity index (χ3v) is 7.42. The fourth-order valence-corrected chi connectivity index (χ4v) is 5.35. The minimum atomic E-state index is -0.251. The van der Waals surface area contributed by atoms with Gasteiger partial charge < -0.3 is 9.64 Å². The van der Waals surface area contributed by atoms with Crippen LogP contribution < -0.4 is 10.3 Å². The number of aryl methyl sites for hydroxylation is 1. The molecule has 1 aliphatic heterocycles. The van der Waals surface area contributed by atoms with Gasteiger partial charge in [-0.1, -0.05) is 42.5 Å². The van der Waals surface area contributed by atoms with Crippen molar-refractivity contribution in [2.75, 3.05) is 26.7 Å². The van der Waals surface area contributed by atoms with Crippen molar-refractivity contribution < 1.29 is 9.13 Å². The van der Waals surface area contributed by atoms with Crippen LogP contribution in [0.5, 0.6) is 5.75 Å². The van der Waals surface area contributed by atoms with Crippen molar-refractivity contribution in [3.8, 4) is 5.75 Å². The molecule has 0 N–H and O–H groups in total. The van der Waals surface area contributed by atoms with Crippen LogP contribution in [0.1, 0.15) is 48.5 Å². The summed E-state index contributed by atoms with van der Waals surface area (Å²) in [7, 11) is 1.69. The molecule has 1 atom stereocenters. The second-order valence-electron chi connectivity index (χ2n) is 9.92. The highest BCUT2D eigenvalue weighted by Crippen LogP contribution is 2.24. The van der Waals surface area contributed by atoms with Crippen molar-refractivity contribution >= 4 is 23.2 Å². The van der Waals surface area contributed by atoms with Gasteiger partial charge in [-0.15, -0.1) is 12.4 Å². The SMILES string of the molecule is COc1ccc(CCCN2CCCC(n3nc(Cc4ccc(F)cc4)c4ccccc4c3=O)CC2)cc1.Cl. The van der Waals surface area contributed by atoms with Crippen LogP contribution in [0.15, 0.2) is 77.6 Å². The van der Waals surface area contributed by atoms with E-state index >= 15 is 0 Å². The average Bonchev–Trinajstić information content (AvgIpc) is 3.17. The van der Waals surface area contributed by atoms with E-state index in [1.165, 1.54) is 17.7 Å². The highest BCUT2D eigenvalue weighted by molar-refractivity contribution is 5.85. The maximum absolute atomic E-state index is 13.5. The normalized spacial score (nSPS) is 16.1. The lowest BCUT2D eigenvalue weighted by Gasteiger charge is -2.21. The van der Waals surface area contributed by atoms with Crippen molar-refractivity contribution in [1.29, 1.82) is 0 Å². The van der Waals surface area contributed by atoms with Crippen LogP contribution in [0.2, 0.25) is 0 Å². The van der Waals surface area contributed by atoms with Crippen molar-refractivity contribution in [1.82, 2.24) is 14.7 Å². The first kappa shape index (κ1) is 27.8. The Morgan fingerprint density at radius 3 is 2.37 bits per heavy atom. The van der Waals surface area contributed by atoms with Crippen molar-refractivity contribution in [2.24, 2.45) is 0 Å². The van der Waals surface area contributed by atoms with Crippen LogP contribution in [0.3, 0.4) is 0 Å². The second-order valence-corrected chi connectivity index (χ2v) is 9.92. The number of hydrogen-bond donors (Lipinski definition) is 0. The van der Waals surface area contributed by atoms with Crippen molar-refractivity contribution in [3.05, 3.63) is 106 Å². The first-order chi connectivity index (χ1) is 18.1. The van der Waals surface area contributed by atoms with Gasteiger partial charge in [-0.3, -0.25) is 4.79 Å². The molecule has 1 aliphatic rings. The lowest BCUT2D eigenvalue weighted by Crippen LogP contribution is -2.30. The second kappa shape index (κ2) is 13.0. The van der Waals surface area contributed by atoms with Gasteiger partial charge in [0, 0.05) is 18.4 Å². The largest absolute Gasteiger partial charge is 0.497 e. The number of rotatable bonds is 8. The number of ether oxygens (including phenoxy) is 1. The van der Waals surface area contributed by atoms with Crippen molar-refractivity contribution in [3.63, 3.8) is 0 Å². The maximum atomic E-state index is 13.5. The summed E-state index contributed by atoms with van der Waals surface area (Å²) in [6.07, 6.45) is 5.60. The number of likely N-dealkylation sites (tertiary alicyclic amines) is 1. The zero-order valence-electron chi connectivity index (χ0n) is 21.8. The molecule has 0 saturated carbocycles. The third-order valence-electron chi connectivity index (χ3n) is 7.42. The molecular weight excluding hydrogens is 501 g/mol. The van der Waals surface area contributed by atoms with E-state index in [4.69, 9.17) is 9.84 Å². The van der Waals surface area contributed by atoms with E-state index < -0.39 is 0 Å². The van der Waals surface area contributed by atoms with Gasteiger partial charge in [-0.05, 0) is 86.7 Å². The molecule has 0 spiro atoms. The molecule has 200 valence electrons. The van der Waals surface area contributed by atoms with Gasteiger partial charge in [-0.2, -0.15) is 5.10 Å². The van der Waals surface area contributed by atoms with Crippen LogP contribution in [-0.4, -0.2) is 41.4 Å². The summed E-state index contributed by atoms with van der Waals surface area (Å²) in [5, 5.41) is 6.49. The third kappa shape index (κ3) is 6.61. The van der Waals surface area contributed by atoms with Gasteiger partial charge in [-0.25, -0.2) is 9.07 Å². The zero-order valence-corrected chi connectivity index (χ0v) is 22.6. The predicted molar refractivity (Wildman–Crippen MR) is 153 cm³/mol. The Labute approximate surface area is 229 Å². The summed E-state index contributed by atoms with van der Waals surface area (Å²) < 4.78 is 20.4. The zero-order chi connectivity index (χ0) is 25.6. The first-order valence-corrected chi connectivity index (χ1v) is 13.2. The quantitative estimate of drug-likeness (QED) is 0.269. The van der Waals surface area contributed by atoms with Gasteiger partial charge in [0.15, 0.2) is 0 Å². The fourth-order valence-electron chi connectivity index (χ4n) is 5.35. The average molecular weight is 536 g/mol. The standard InChI is InChI=1S/C31H34FN3O2.ClH/c1-37-27-16-12-23(13-17-27)6-4-19-34-20-5-7-26(18-21-34)35-31(36)29-9-3-2-8-28(29)30(33-35)22-24-10-14-25(32)15-11-24;/h2-3,8-17,26H,4-7,18-22H2,1H3;1H. The monoisotopic (exact) mass is 535 g/mol. The summed E-state index contributed by atoms with van der Waals surface area (Å²) in [6, 6.07) is 22.6. The Morgan fingerprint density at radius 2 is 1.63 bits per heavy atom. The highest BCUT2D eigenvalue weighted by Gasteiger charge is 2.22. The highest BCUT2D eigenvalue weighted by atomic mass is 35.5. The fraction of sp³-hybridized carbons (Fsp3) is 0.355. The molecule has 0 amide bonds. The predicted octanol–water partition coefficient (Wildman–Crippen LogP) is 6.22. The number of hydrogen-bond acceptors (Lipinski definition) is 4. The van der Waals surface area contributed by atoms with E-state index in [1.54, 1.807) is 23.9 Å². The molecule has 0 bridgehead atoms. The van der Waals surface area contributed by atoms with E-state index in [9.17, 15) is 9.18 Å². The van der Waals surface area contributed by atoms with E-state index in [0.717, 1.165) is 74.1 Å². The molecule has 38 heavy (non-hydrogen) atoms. The van der Waals surface area contributed by atoms with E-state index in [-0.39, 0.29) is 29.8 Å². The Kier molecular flexibility index (Phi) is 9.53. The van der Waals surface area contributed by atoms with Gasteiger partial charge >= 0.3 is 0 Å². The Balaban J connectivity index is 0.00000336. The van der Waals surface area contributed by atoms with Gasteiger partial charge in [0.1, 0.15) is 11.6 Å². The number of methoxy groups -OCH3 is 1. The van der Waals surface area contributed by atoms with E-state index in [2.05, 4.69) is 17.0 Å². The summed E-state index contributed by atoms with van der Waals surface area (Å²) >= 11 is 0. The molecule has 0 radical (unpaired) electrons. The number of aromatic nitrogens is 2. The topological polar surface area (TPSA) is 47.4 Å².